The zero-order valence-corrected chi connectivity index (χ0v) is 14.4. The van der Waals surface area contributed by atoms with Gasteiger partial charge in [0.05, 0.1) is 0 Å². The monoisotopic (exact) mass is 317 g/mol. The summed E-state index contributed by atoms with van der Waals surface area (Å²) in [5.74, 6) is 0.895. The first-order chi connectivity index (χ1) is 10.2. The molecular formula is C18H23NS2. The highest BCUT2D eigenvalue weighted by molar-refractivity contribution is 7.13. The second-order valence-electron chi connectivity index (χ2n) is 5.99. The number of likely N-dealkylation sites (tertiary alicyclic amines) is 1. The summed E-state index contributed by atoms with van der Waals surface area (Å²) in [5.41, 5.74) is 1.41. The summed E-state index contributed by atoms with van der Waals surface area (Å²) in [6, 6.07) is 9.28. The van der Waals surface area contributed by atoms with Crippen molar-refractivity contribution in [2.24, 2.45) is 5.92 Å². The van der Waals surface area contributed by atoms with E-state index in [0.717, 1.165) is 5.92 Å². The molecule has 2 aromatic rings. The molecule has 1 atom stereocenters. The first-order valence-electron chi connectivity index (χ1n) is 7.77. The minimum atomic E-state index is 0.511. The molecule has 0 bridgehead atoms. The standard InChI is InChI=1S/C18H23NS2/c1-14-7-9-19(10-8-14)15(2)13-16(17-5-3-11-20-17)18-6-4-12-21-18/h3-6,11-15H,7-10H2,1-2H3. The summed E-state index contributed by atoms with van der Waals surface area (Å²) < 4.78 is 0. The smallest absolute Gasteiger partial charge is 0.0354 e. The van der Waals surface area contributed by atoms with E-state index in [1.165, 1.54) is 41.3 Å². The molecule has 0 aromatic carbocycles. The van der Waals surface area contributed by atoms with Crippen molar-refractivity contribution < 1.29 is 0 Å². The van der Waals surface area contributed by atoms with Crippen molar-refractivity contribution >= 4 is 28.2 Å². The van der Waals surface area contributed by atoms with Crippen LogP contribution in [-0.4, -0.2) is 24.0 Å². The van der Waals surface area contributed by atoms with Gasteiger partial charge in [0.15, 0.2) is 0 Å². The van der Waals surface area contributed by atoms with E-state index in [9.17, 15) is 0 Å². The second kappa shape index (κ2) is 6.91. The molecule has 0 aliphatic carbocycles. The fourth-order valence-corrected chi connectivity index (χ4v) is 4.53. The third-order valence-corrected chi connectivity index (χ3v) is 6.18. The molecule has 112 valence electrons. The lowest BCUT2D eigenvalue weighted by atomic mass is 9.97. The van der Waals surface area contributed by atoms with Gasteiger partial charge in [-0.25, -0.2) is 0 Å². The number of nitrogens with zero attached hydrogens (tertiary/aromatic N) is 1. The summed E-state index contributed by atoms with van der Waals surface area (Å²) in [6.07, 6.45) is 5.14. The molecule has 2 aromatic heterocycles. The van der Waals surface area contributed by atoms with E-state index in [4.69, 9.17) is 0 Å². The molecule has 0 N–H and O–H groups in total. The number of hydrogen-bond donors (Lipinski definition) is 0. The van der Waals surface area contributed by atoms with Crippen LogP contribution in [0.1, 0.15) is 36.4 Å². The molecule has 1 aliphatic heterocycles. The minimum Gasteiger partial charge on any atom is -0.297 e. The number of thiophene rings is 2. The van der Waals surface area contributed by atoms with Gasteiger partial charge in [0, 0.05) is 21.4 Å². The SMILES string of the molecule is CC1CCN(C(C)C=C(c2cccs2)c2cccs2)CC1. The normalized spacial score (nSPS) is 18.6. The Bertz CT molecular complexity index is 524. The molecule has 3 heteroatoms. The Labute approximate surface area is 135 Å². The topological polar surface area (TPSA) is 3.24 Å². The maximum absolute atomic E-state index is 2.63. The van der Waals surface area contributed by atoms with E-state index in [0.29, 0.717) is 6.04 Å². The lowest BCUT2D eigenvalue weighted by molar-refractivity contribution is 0.169. The summed E-state index contributed by atoms with van der Waals surface area (Å²) in [5, 5.41) is 4.34. The average molecular weight is 318 g/mol. The molecule has 3 rings (SSSR count). The molecule has 1 aliphatic rings. The highest BCUT2D eigenvalue weighted by Gasteiger charge is 2.20. The second-order valence-corrected chi connectivity index (χ2v) is 7.89. The van der Waals surface area contributed by atoms with Gasteiger partial charge in [0.1, 0.15) is 0 Å². The lowest BCUT2D eigenvalue weighted by Gasteiger charge is -2.34. The quantitative estimate of drug-likeness (QED) is 0.733. The highest BCUT2D eigenvalue weighted by Crippen LogP contribution is 2.31. The zero-order valence-electron chi connectivity index (χ0n) is 12.8. The largest absolute Gasteiger partial charge is 0.297 e. The van der Waals surface area contributed by atoms with Gasteiger partial charge in [-0.3, -0.25) is 4.90 Å². The van der Waals surface area contributed by atoms with Gasteiger partial charge in [-0.2, -0.15) is 0 Å². The maximum Gasteiger partial charge on any atom is 0.0354 e. The van der Waals surface area contributed by atoms with Crippen molar-refractivity contribution in [1.29, 1.82) is 0 Å². The van der Waals surface area contributed by atoms with E-state index in [2.05, 4.69) is 59.8 Å². The zero-order chi connectivity index (χ0) is 14.7. The fourth-order valence-electron chi connectivity index (χ4n) is 2.93. The summed E-state index contributed by atoms with van der Waals surface area (Å²) in [4.78, 5) is 5.39. The Morgan fingerprint density at radius 1 is 1.14 bits per heavy atom. The minimum absolute atomic E-state index is 0.511. The van der Waals surface area contributed by atoms with Gasteiger partial charge in [0.2, 0.25) is 0 Å². The van der Waals surface area contributed by atoms with Crippen LogP contribution in [0.4, 0.5) is 0 Å². The Hall–Kier alpha value is -0.900. The van der Waals surface area contributed by atoms with Crippen molar-refractivity contribution in [3.8, 4) is 0 Å². The van der Waals surface area contributed by atoms with Crippen molar-refractivity contribution in [3.63, 3.8) is 0 Å². The van der Waals surface area contributed by atoms with Crippen LogP contribution in [0, 0.1) is 5.92 Å². The van der Waals surface area contributed by atoms with Crippen LogP contribution in [0.25, 0.3) is 5.57 Å². The Morgan fingerprint density at radius 3 is 2.19 bits per heavy atom. The van der Waals surface area contributed by atoms with Crippen LogP contribution >= 0.6 is 22.7 Å². The van der Waals surface area contributed by atoms with Crippen molar-refractivity contribution in [2.45, 2.75) is 32.7 Å². The van der Waals surface area contributed by atoms with Crippen LogP contribution < -0.4 is 0 Å². The van der Waals surface area contributed by atoms with Gasteiger partial charge in [-0.1, -0.05) is 25.1 Å². The molecule has 1 unspecified atom stereocenters. The average Bonchev–Trinajstić information content (AvgIpc) is 3.19. The van der Waals surface area contributed by atoms with E-state index in [1.807, 2.05) is 22.7 Å². The van der Waals surface area contributed by atoms with E-state index < -0.39 is 0 Å². The fraction of sp³-hybridized carbons (Fsp3) is 0.444. The summed E-state index contributed by atoms with van der Waals surface area (Å²) in [7, 11) is 0. The molecule has 21 heavy (non-hydrogen) atoms. The Balaban J connectivity index is 1.83. The summed E-state index contributed by atoms with van der Waals surface area (Å²) >= 11 is 3.68. The maximum atomic E-state index is 2.63. The van der Waals surface area contributed by atoms with Gasteiger partial charge in [-0.15, -0.1) is 22.7 Å². The number of hydrogen-bond acceptors (Lipinski definition) is 3. The van der Waals surface area contributed by atoms with E-state index in [-0.39, 0.29) is 0 Å². The number of rotatable bonds is 4. The molecule has 1 nitrogen and oxygen atoms in total. The Kier molecular flexibility index (Phi) is 4.94. The van der Waals surface area contributed by atoms with Gasteiger partial charge < -0.3 is 0 Å². The predicted molar refractivity (Wildman–Crippen MR) is 95.2 cm³/mol. The first-order valence-corrected chi connectivity index (χ1v) is 9.53. The molecule has 1 saturated heterocycles. The highest BCUT2D eigenvalue weighted by atomic mass is 32.1. The van der Waals surface area contributed by atoms with Crippen molar-refractivity contribution in [2.75, 3.05) is 13.1 Å². The Morgan fingerprint density at radius 2 is 1.71 bits per heavy atom. The van der Waals surface area contributed by atoms with E-state index in [1.54, 1.807) is 0 Å². The molecule has 0 amide bonds. The van der Waals surface area contributed by atoms with Crippen LogP contribution in [0.15, 0.2) is 41.1 Å². The third-order valence-electron chi connectivity index (χ3n) is 4.38. The molecule has 0 radical (unpaired) electrons. The third kappa shape index (κ3) is 3.65. The van der Waals surface area contributed by atoms with Crippen LogP contribution in [-0.2, 0) is 0 Å². The van der Waals surface area contributed by atoms with Crippen LogP contribution in [0.3, 0.4) is 0 Å². The van der Waals surface area contributed by atoms with Gasteiger partial charge >= 0.3 is 0 Å². The lowest BCUT2D eigenvalue weighted by Crippen LogP contribution is -2.38. The van der Waals surface area contributed by atoms with Gasteiger partial charge in [0.25, 0.3) is 0 Å². The molecule has 0 saturated carbocycles. The predicted octanol–water partition coefficient (Wildman–Crippen LogP) is 5.36. The van der Waals surface area contributed by atoms with Gasteiger partial charge in [-0.05, 0) is 61.7 Å². The molecule has 1 fully saturated rings. The number of piperidine rings is 1. The molecule has 0 spiro atoms. The van der Waals surface area contributed by atoms with Crippen molar-refractivity contribution in [3.05, 3.63) is 50.9 Å². The summed E-state index contributed by atoms with van der Waals surface area (Å²) in [6.45, 7) is 7.19. The van der Waals surface area contributed by atoms with Crippen molar-refractivity contribution in [1.82, 2.24) is 4.90 Å². The first kappa shape index (κ1) is 15.0. The molecule has 3 heterocycles. The van der Waals surface area contributed by atoms with E-state index >= 15 is 0 Å². The van der Waals surface area contributed by atoms with Crippen LogP contribution in [0.2, 0.25) is 0 Å². The molecular weight excluding hydrogens is 294 g/mol. The van der Waals surface area contributed by atoms with Crippen LogP contribution in [0.5, 0.6) is 0 Å².